The van der Waals surface area contributed by atoms with E-state index in [4.69, 9.17) is 19.4 Å². The molecule has 52 heavy (non-hydrogen) atoms. The van der Waals surface area contributed by atoms with Gasteiger partial charge in [0.05, 0.1) is 35.2 Å². The Kier molecular flexibility index (Phi) is 6.52. The number of benzene rings is 4. The largest absolute Gasteiger partial charge is 0.468 e. The maximum absolute atomic E-state index is 6.13. The summed E-state index contributed by atoms with van der Waals surface area (Å²) < 4.78 is 16.7. The summed E-state index contributed by atoms with van der Waals surface area (Å²) in [6, 6.07) is 42.6. The Hall–Kier alpha value is -6.28. The van der Waals surface area contributed by atoms with Crippen LogP contribution in [0.3, 0.4) is 0 Å². The van der Waals surface area contributed by atoms with Crippen LogP contribution in [0.5, 0.6) is 0 Å². The second-order valence-electron chi connectivity index (χ2n) is 14.9. The minimum Gasteiger partial charge on any atom is -0.468 e. The van der Waals surface area contributed by atoms with Gasteiger partial charge in [-0.1, -0.05) is 60.7 Å². The molecule has 0 saturated carbocycles. The van der Waals surface area contributed by atoms with Crippen LogP contribution in [-0.4, -0.2) is 55.2 Å². The minimum atomic E-state index is -0.325. The predicted molar refractivity (Wildman–Crippen MR) is 209 cm³/mol. The van der Waals surface area contributed by atoms with Crippen molar-refractivity contribution in [1.29, 1.82) is 0 Å². The predicted octanol–water partition coefficient (Wildman–Crippen LogP) is 9.45. The highest BCUT2D eigenvalue weighted by Gasteiger charge is 2.30. The van der Waals surface area contributed by atoms with Gasteiger partial charge in [-0.3, -0.25) is 9.13 Å². The first kappa shape index (κ1) is 30.5. The number of nitrogens with zero attached hydrogens (tertiary/aromatic N) is 6. The van der Waals surface area contributed by atoms with Crippen LogP contribution in [0.15, 0.2) is 131 Å². The lowest BCUT2D eigenvalue weighted by molar-refractivity contribution is 0.130. The van der Waals surface area contributed by atoms with E-state index in [0.29, 0.717) is 24.9 Å². The highest BCUT2D eigenvalue weighted by Crippen LogP contribution is 2.38. The number of fused-ring (bicyclic) bond motifs is 6. The van der Waals surface area contributed by atoms with Crippen LogP contribution in [-0.2, 0) is 9.47 Å². The van der Waals surface area contributed by atoms with Crippen molar-refractivity contribution in [3.05, 3.63) is 133 Å². The molecule has 4 aromatic heterocycles. The van der Waals surface area contributed by atoms with Crippen molar-refractivity contribution >= 4 is 55.4 Å². The Morgan fingerprint density at radius 2 is 0.885 bits per heavy atom. The van der Waals surface area contributed by atoms with Crippen molar-refractivity contribution in [1.82, 2.24) is 19.1 Å². The monoisotopic (exact) mass is 680 g/mol. The van der Waals surface area contributed by atoms with E-state index in [1.165, 1.54) is 21.5 Å². The summed E-state index contributed by atoms with van der Waals surface area (Å²) in [5, 5.41) is 4.68. The normalized spacial score (nSPS) is 16.4. The van der Waals surface area contributed by atoms with Gasteiger partial charge in [-0.2, -0.15) is 0 Å². The molecule has 10 rings (SSSR count). The second-order valence-corrected chi connectivity index (χ2v) is 14.9. The van der Waals surface area contributed by atoms with Gasteiger partial charge >= 0.3 is 0 Å². The number of pyridine rings is 2. The first-order valence-corrected chi connectivity index (χ1v) is 17.7. The fraction of sp³-hybridized carbons (Fsp3) is 0.182. The van der Waals surface area contributed by atoms with Crippen LogP contribution in [0, 0.1) is 0 Å². The summed E-state index contributed by atoms with van der Waals surface area (Å²) in [6.45, 7) is 9.43. The van der Waals surface area contributed by atoms with Crippen molar-refractivity contribution in [3.63, 3.8) is 0 Å². The maximum atomic E-state index is 6.13. The number of para-hydroxylation sites is 2. The van der Waals surface area contributed by atoms with Crippen molar-refractivity contribution in [2.75, 3.05) is 13.1 Å². The van der Waals surface area contributed by atoms with E-state index in [0.717, 1.165) is 56.2 Å². The molecule has 8 heteroatoms. The Balaban J connectivity index is 1.09. The molecule has 0 unspecified atom stereocenters. The van der Waals surface area contributed by atoms with Crippen LogP contribution < -0.4 is 0 Å². The van der Waals surface area contributed by atoms with Crippen molar-refractivity contribution in [2.45, 2.75) is 38.9 Å². The lowest BCUT2D eigenvalue weighted by Crippen LogP contribution is -2.24. The van der Waals surface area contributed by atoms with Crippen molar-refractivity contribution < 1.29 is 9.47 Å². The molecule has 254 valence electrons. The fourth-order valence-electron chi connectivity index (χ4n) is 7.58. The van der Waals surface area contributed by atoms with Crippen molar-refractivity contribution in [3.8, 4) is 22.8 Å². The standard InChI is InChI=1S/C44H36N6O2/c1-43(2)25-45-41(51-43)33-13-9-17-39(47-33)49-35-15-7-5-11-29(35)31-23-27(19-21-37(31)49)28-20-22-38-32(24-28)30-12-6-8-16-36(30)50(38)40-18-10-14-34(48-40)42-46-26-44(3,4)52-42/h5-24H,25-26H2,1-4H3. The summed E-state index contributed by atoms with van der Waals surface area (Å²) in [4.78, 5) is 19.4. The average Bonchev–Trinajstić information content (AvgIpc) is 3.91. The van der Waals surface area contributed by atoms with Crippen LogP contribution in [0.25, 0.3) is 66.4 Å². The molecule has 0 fully saturated rings. The number of aliphatic imine (C=N–C) groups is 2. The number of ether oxygens (including phenoxy) is 2. The Morgan fingerprint density at radius 3 is 1.31 bits per heavy atom. The number of rotatable bonds is 5. The molecule has 0 amide bonds. The van der Waals surface area contributed by atoms with Gasteiger partial charge in [0.25, 0.3) is 0 Å². The molecular weight excluding hydrogens is 645 g/mol. The molecule has 2 aliphatic rings. The van der Waals surface area contributed by atoms with E-state index in [1.807, 2.05) is 64.1 Å². The summed E-state index contributed by atoms with van der Waals surface area (Å²) in [5.74, 6) is 2.84. The van der Waals surface area contributed by atoms with E-state index in [2.05, 4.69) is 104 Å². The van der Waals surface area contributed by atoms with E-state index in [9.17, 15) is 0 Å². The smallest absolute Gasteiger partial charge is 0.236 e. The molecule has 0 radical (unpaired) electrons. The van der Waals surface area contributed by atoms with Crippen LogP contribution in [0.2, 0.25) is 0 Å². The zero-order valence-electron chi connectivity index (χ0n) is 29.5. The van der Waals surface area contributed by atoms with Crippen LogP contribution in [0.4, 0.5) is 0 Å². The van der Waals surface area contributed by atoms with Gasteiger partial charge in [0.15, 0.2) is 0 Å². The lowest BCUT2D eigenvalue weighted by atomic mass is 10.0. The summed E-state index contributed by atoms with van der Waals surface area (Å²) in [5.41, 5.74) is 7.49. The topological polar surface area (TPSA) is 78.8 Å². The Labute approximate surface area is 300 Å². The van der Waals surface area contributed by atoms with Gasteiger partial charge in [-0.05, 0) is 99.5 Å². The van der Waals surface area contributed by atoms with Gasteiger partial charge in [0.1, 0.15) is 34.2 Å². The molecule has 4 aromatic carbocycles. The zero-order chi connectivity index (χ0) is 35.2. The highest BCUT2D eigenvalue weighted by molar-refractivity contribution is 6.12. The third-order valence-electron chi connectivity index (χ3n) is 10.00. The third-order valence-corrected chi connectivity index (χ3v) is 10.00. The summed E-state index contributed by atoms with van der Waals surface area (Å²) in [6.07, 6.45) is 0. The van der Waals surface area contributed by atoms with E-state index in [1.54, 1.807) is 0 Å². The lowest BCUT2D eigenvalue weighted by Gasteiger charge is -2.17. The van der Waals surface area contributed by atoms with Gasteiger partial charge in [-0.25, -0.2) is 20.0 Å². The Morgan fingerprint density at radius 1 is 0.462 bits per heavy atom. The number of hydrogen-bond acceptors (Lipinski definition) is 6. The molecule has 8 aromatic rings. The quantitative estimate of drug-likeness (QED) is 0.181. The molecule has 6 heterocycles. The number of hydrogen-bond donors (Lipinski definition) is 0. The maximum Gasteiger partial charge on any atom is 0.236 e. The van der Waals surface area contributed by atoms with Crippen LogP contribution in [0.1, 0.15) is 39.1 Å². The molecule has 8 nitrogen and oxygen atoms in total. The minimum absolute atomic E-state index is 0.325. The molecule has 0 N–H and O–H groups in total. The molecule has 0 bridgehead atoms. The summed E-state index contributed by atoms with van der Waals surface area (Å²) in [7, 11) is 0. The third kappa shape index (κ3) is 4.89. The van der Waals surface area contributed by atoms with E-state index in [-0.39, 0.29) is 11.2 Å². The molecular formula is C44H36N6O2. The number of aromatic nitrogens is 4. The van der Waals surface area contributed by atoms with E-state index < -0.39 is 0 Å². The van der Waals surface area contributed by atoms with Gasteiger partial charge in [0, 0.05) is 21.5 Å². The molecule has 0 spiro atoms. The second kappa shape index (κ2) is 11.1. The molecule has 0 saturated heterocycles. The first-order chi connectivity index (χ1) is 25.2. The van der Waals surface area contributed by atoms with E-state index >= 15 is 0 Å². The Bertz CT molecular complexity index is 2630. The fourth-order valence-corrected chi connectivity index (χ4v) is 7.58. The summed E-state index contributed by atoms with van der Waals surface area (Å²) >= 11 is 0. The molecule has 0 atom stereocenters. The van der Waals surface area contributed by atoms with Gasteiger partial charge < -0.3 is 9.47 Å². The average molecular weight is 681 g/mol. The van der Waals surface area contributed by atoms with Crippen LogP contribution >= 0.6 is 0 Å². The SMILES string of the molecule is CC1(C)CN=C(c2cccc(-n3c4ccccc4c4cc(-c5ccc6c(c5)c5ccccc5n6-c5cccc(C6=NCC(C)(C)O6)n5)ccc43)n2)O1. The zero-order valence-corrected chi connectivity index (χ0v) is 29.5. The highest BCUT2D eigenvalue weighted by atomic mass is 16.5. The van der Waals surface area contributed by atoms with Gasteiger partial charge in [0.2, 0.25) is 11.8 Å². The molecule has 0 aliphatic carbocycles. The van der Waals surface area contributed by atoms with Gasteiger partial charge in [-0.15, -0.1) is 0 Å². The molecule has 2 aliphatic heterocycles. The first-order valence-electron chi connectivity index (χ1n) is 17.7. The van der Waals surface area contributed by atoms with Crippen molar-refractivity contribution in [2.24, 2.45) is 9.98 Å².